The van der Waals surface area contributed by atoms with Gasteiger partial charge in [-0.25, -0.2) is 0 Å². The average molecular weight is 308 g/mol. The van der Waals surface area contributed by atoms with Gasteiger partial charge in [0.05, 0.1) is 5.88 Å². The molecule has 1 amide bonds. The molecule has 0 aromatic carbocycles. The van der Waals surface area contributed by atoms with Gasteiger partial charge in [0.1, 0.15) is 5.78 Å². The Balaban J connectivity index is 2.76. The van der Waals surface area contributed by atoms with E-state index in [0.29, 0.717) is 17.7 Å². The molecule has 0 spiro atoms. The molecule has 1 saturated carbocycles. The van der Waals surface area contributed by atoms with Crippen molar-refractivity contribution in [1.82, 2.24) is 4.90 Å². The lowest BCUT2D eigenvalue weighted by atomic mass is 10.2. The number of alkyl halides is 6. The van der Waals surface area contributed by atoms with Crippen LogP contribution in [0.4, 0.5) is 22.0 Å². The summed E-state index contributed by atoms with van der Waals surface area (Å²) in [4.78, 5) is 22.7. The quantitative estimate of drug-likeness (QED) is 0.558. The molecule has 19 heavy (non-hydrogen) atoms. The van der Waals surface area contributed by atoms with Gasteiger partial charge in [0.25, 0.3) is 0 Å². The normalized spacial score (nSPS) is 16.3. The van der Waals surface area contributed by atoms with Crippen LogP contribution in [0.3, 0.4) is 0 Å². The van der Waals surface area contributed by atoms with Crippen molar-refractivity contribution < 1.29 is 31.5 Å². The fraction of sp³-hybridized carbons (Fsp3) is 0.800. The van der Waals surface area contributed by atoms with Gasteiger partial charge in [-0.05, 0) is 12.8 Å². The number of ketones is 1. The fourth-order valence-electron chi connectivity index (χ4n) is 1.45. The van der Waals surface area contributed by atoms with Crippen LogP contribution in [-0.4, -0.2) is 47.2 Å². The van der Waals surface area contributed by atoms with Crippen molar-refractivity contribution in [2.24, 2.45) is 0 Å². The Labute approximate surface area is 110 Å². The third kappa shape index (κ3) is 3.77. The fourth-order valence-corrected chi connectivity index (χ4v) is 1.58. The minimum atomic E-state index is -5.94. The molecule has 110 valence electrons. The van der Waals surface area contributed by atoms with Gasteiger partial charge in [-0.1, -0.05) is 0 Å². The second-order valence-corrected chi connectivity index (χ2v) is 4.49. The third-order valence-electron chi connectivity index (χ3n) is 2.65. The zero-order valence-corrected chi connectivity index (χ0v) is 10.4. The molecule has 0 unspecified atom stereocenters. The van der Waals surface area contributed by atoms with Crippen LogP contribution in [0.1, 0.15) is 19.3 Å². The molecule has 0 radical (unpaired) electrons. The Kier molecular flexibility index (Phi) is 4.76. The maximum atomic E-state index is 12.9. The van der Waals surface area contributed by atoms with E-state index in [1.165, 1.54) is 0 Å². The first-order valence-electron chi connectivity index (χ1n) is 5.44. The maximum Gasteiger partial charge on any atom is 0.463 e. The first-order valence-corrected chi connectivity index (χ1v) is 5.98. The number of amides is 1. The number of rotatable bonds is 6. The summed E-state index contributed by atoms with van der Waals surface area (Å²) in [5.74, 6) is -8.62. The molecule has 1 aliphatic rings. The summed E-state index contributed by atoms with van der Waals surface area (Å²) in [5.41, 5.74) is 0. The molecule has 0 heterocycles. The summed E-state index contributed by atoms with van der Waals surface area (Å²) < 4.78 is 62.2. The van der Waals surface area contributed by atoms with Crippen molar-refractivity contribution in [1.29, 1.82) is 0 Å². The Morgan fingerprint density at radius 3 is 2.05 bits per heavy atom. The van der Waals surface area contributed by atoms with Crippen LogP contribution in [0.25, 0.3) is 0 Å². The predicted molar refractivity (Wildman–Crippen MR) is 56.1 cm³/mol. The first-order chi connectivity index (χ1) is 8.61. The van der Waals surface area contributed by atoms with Crippen molar-refractivity contribution in [3.8, 4) is 0 Å². The SMILES string of the molecule is O=C(CCl)CCN(C(=O)C(F)(F)C(F)(F)F)C1CC1. The maximum absolute atomic E-state index is 12.9. The highest BCUT2D eigenvalue weighted by Gasteiger charge is 2.65. The summed E-state index contributed by atoms with van der Waals surface area (Å²) in [7, 11) is 0. The van der Waals surface area contributed by atoms with Crippen LogP contribution in [0.15, 0.2) is 0 Å². The van der Waals surface area contributed by atoms with E-state index < -0.39 is 36.4 Å². The van der Waals surface area contributed by atoms with Crippen LogP contribution < -0.4 is 0 Å². The Morgan fingerprint density at radius 1 is 1.16 bits per heavy atom. The van der Waals surface area contributed by atoms with E-state index in [1.54, 1.807) is 0 Å². The largest absolute Gasteiger partial charge is 0.463 e. The monoisotopic (exact) mass is 307 g/mol. The Hall–Kier alpha value is -0.920. The van der Waals surface area contributed by atoms with E-state index >= 15 is 0 Å². The van der Waals surface area contributed by atoms with Gasteiger partial charge in [-0.3, -0.25) is 9.59 Å². The van der Waals surface area contributed by atoms with Crippen LogP contribution in [0.2, 0.25) is 0 Å². The summed E-state index contributed by atoms with van der Waals surface area (Å²) in [6.07, 6.45) is -5.56. The zero-order chi connectivity index (χ0) is 14.8. The third-order valence-corrected chi connectivity index (χ3v) is 2.95. The van der Waals surface area contributed by atoms with Gasteiger partial charge in [0.15, 0.2) is 0 Å². The van der Waals surface area contributed by atoms with Crippen LogP contribution in [0, 0.1) is 0 Å². The van der Waals surface area contributed by atoms with E-state index in [4.69, 9.17) is 11.6 Å². The van der Waals surface area contributed by atoms with E-state index in [0.717, 1.165) is 0 Å². The summed E-state index contributed by atoms with van der Waals surface area (Å²) in [5, 5.41) is 0. The van der Waals surface area contributed by atoms with Crippen molar-refractivity contribution in [3.63, 3.8) is 0 Å². The lowest BCUT2D eigenvalue weighted by Gasteiger charge is -2.27. The van der Waals surface area contributed by atoms with Crippen molar-refractivity contribution in [2.75, 3.05) is 12.4 Å². The second kappa shape index (κ2) is 5.60. The molecule has 0 atom stereocenters. The minimum Gasteiger partial charge on any atom is -0.334 e. The molecule has 1 aliphatic carbocycles. The molecule has 3 nitrogen and oxygen atoms in total. The van der Waals surface area contributed by atoms with E-state index in [1.807, 2.05) is 0 Å². The highest BCUT2D eigenvalue weighted by molar-refractivity contribution is 6.27. The van der Waals surface area contributed by atoms with Gasteiger partial charge in [0, 0.05) is 19.0 Å². The lowest BCUT2D eigenvalue weighted by Crippen LogP contribution is -2.53. The molecular weight excluding hydrogens is 297 g/mol. The second-order valence-electron chi connectivity index (χ2n) is 4.22. The number of nitrogens with zero attached hydrogens (tertiary/aromatic N) is 1. The molecule has 1 rings (SSSR count). The molecule has 0 bridgehead atoms. The average Bonchev–Trinajstić information content (AvgIpc) is 3.11. The predicted octanol–water partition coefficient (Wildman–Crippen LogP) is 2.37. The van der Waals surface area contributed by atoms with Crippen LogP contribution in [0.5, 0.6) is 0 Å². The van der Waals surface area contributed by atoms with Crippen molar-refractivity contribution in [2.45, 2.75) is 37.4 Å². The molecule has 9 heteroatoms. The molecule has 0 aliphatic heterocycles. The standard InChI is InChI=1S/C10H11ClF5NO2/c11-5-7(18)3-4-17(6-1-2-6)8(19)9(12,13)10(14,15)16/h6H,1-5H2. The molecule has 0 aromatic heterocycles. The van der Waals surface area contributed by atoms with Gasteiger partial charge in [-0.2, -0.15) is 22.0 Å². The summed E-state index contributed by atoms with van der Waals surface area (Å²) in [6.45, 7) is -0.472. The number of halogens is 6. The molecular formula is C10H11ClF5NO2. The topological polar surface area (TPSA) is 37.4 Å². The van der Waals surface area contributed by atoms with E-state index in [-0.39, 0.29) is 12.3 Å². The smallest absolute Gasteiger partial charge is 0.334 e. The van der Waals surface area contributed by atoms with E-state index in [9.17, 15) is 31.5 Å². The summed E-state index contributed by atoms with van der Waals surface area (Å²) in [6, 6.07) is -0.649. The molecule has 0 saturated heterocycles. The highest BCUT2D eigenvalue weighted by Crippen LogP contribution is 2.39. The summed E-state index contributed by atoms with van der Waals surface area (Å²) >= 11 is 5.19. The number of Topliss-reactive ketones (excluding diaryl/α,β-unsaturated/α-hetero) is 1. The van der Waals surface area contributed by atoms with Crippen LogP contribution >= 0.6 is 11.6 Å². The minimum absolute atomic E-state index is 0.334. The molecule has 0 aromatic rings. The van der Waals surface area contributed by atoms with E-state index in [2.05, 4.69) is 0 Å². The van der Waals surface area contributed by atoms with Crippen molar-refractivity contribution in [3.05, 3.63) is 0 Å². The first kappa shape index (κ1) is 16.1. The zero-order valence-electron chi connectivity index (χ0n) is 9.64. The van der Waals surface area contributed by atoms with Gasteiger partial charge in [0.2, 0.25) is 0 Å². The van der Waals surface area contributed by atoms with Crippen LogP contribution in [-0.2, 0) is 9.59 Å². The number of hydrogen-bond acceptors (Lipinski definition) is 2. The van der Waals surface area contributed by atoms with Crippen molar-refractivity contribution >= 4 is 23.3 Å². The number of hydrogen-bond donors (Lipinski definition) is 0. The lowest BCUT2D eigenvalue weighted by molar-refractivity contribution is -0.274. The molecule has 1 fully saturated rings. The number of carbonyl (C=O) groups excluding carboxylic acids is 2. The Bertz CT molecular complexity index is 367. The molecule has 0 N–H and O–H groups in total. The number of carbonyl (C=O) groups is 2. The Morgan fingerprint density at radius 2 is 1.68 bits per heavy atom. The van der Waals surface area contributed by atoms with Gasteiger partial charge in [-0.15, -0.1) is 11.6 Å². The highest BCUT2D eigenvalue weighted by atomic mass is 35.5. The van der Waals surface area contributed by atoms with Gasteiger partial charge >= 0.3 is 18.0 Å². The van der Waals surface area contributed by atoms with Gasteiger partial charge < -0.3 is 4.90 Å².